The van der Waals surface area contributed by atoms with Crippen LogP contribution < -0.4 is 5.73 Å². The van der Waals surface area contributed by atoms with E-state index in [4.69, 9.17) is 5.73 Å². The van der Waals surface area contributed by atoms with Gasteiger partial charge in [-0.2, -0.15) is 5.10 Å². The van der Waals surface area contributed by atoms with E-state index >= 15 is 0 Å². The number of guanidine groups is 1. The van der Waals surface area contributed by atoms with Crippen LogP contribution in [0.1, 0.15) is 37.9 Å². The fraction of sp³-hybridized carbons (Fsp3) is 0.714. The Morgan fingerprint density at radius 1 is 1.58 bits per heavy atom. The average molecular weight is 263 g/mol. The molecule has 1 aromatic heterocycles. The quantitative estimate of drug-likeness (QED) is 0.664. The first kappa shape index (κ1) is 13.9. The molecule has 5 nitrogen and oxygen atoms in total. The smallest absolute Gasteiger partial charge is 0.191 e. The van der Waals surface area contributed by atoms with Gasteiger partial charge in [0.1, 0.15) is 0 Å². The first-order valence-electron chi connectivity index (χ1n) is 7.16. The Labute approximate surface area is 115 Å². The number of aromatic nitrogens is 2. The standard InChI is InChI=1S/C14H25N5/c1-4-13-12(10-18(3)17-13)8-16-14(15)19-7-5-6-11(2)9-19/h10-11H,4-9H2,1-3H3,(H2,15,16). The van der Waals surface area contributed by atoms with Crippen molar-refractivity contribution in [1.29, 1.82) is 0 Å². The SMILES string of the molecule is CCc1nn(C)cc1CN=C(N)N1CCCC(C)C1. The van der Waals surface area contributed by atoms with Crippen molar-refractivity contribution in [3.63, 3.8) is 0 Å². The molecular weight excluding hydrogens is 238 g/mol. The van der Waals surface area contributed by atoms with Crippen LogP contribution in [0.2, 0.25) is 0 Å². The first-order chi connectivity index (χ1) is 9.10. The van der Waals surface area contributed by atoms with E-state index in [1.54, 1.807) is 0 Å². The molecule has 2 heterocycles. The van der Waals surface area contributed by atoms with Crippen molar-refractivity contribution in [1.82, 2.24) is 14.7 Å². The van der Waals surface area contributed by atoms with E-state index < -0.39 is 0 Å². The lowest BCUT2D eigenvalue weighted by Crippen LogP contribution is -2.43. The minimum atomic E-state index is 0.633. The minimum Gasteiger partial charge on any atom is -0.370 e. The van der Waals surface area contributed by atoms with Crippen LogP contribution in [0, 0.1) is 5.92 Å². The zero-order valence-corrected chi connectivity index (χ0v) is 12.3. The third-order valence-electron chi connectivity index (χ3n) is 3.72. The number of aryl methyl sites for hydroxylation is 2. The number of piperidine rings is 1. The van der Waals surface area contributed by atoms with Gasteiger partial charge >= 0.3 is 0 Å². The summed E-state index contributed by atoms with van der Waals surface area (Å²) in [5, 5.41) is 4.42. The molecule has 0 radical (unpaired) electrons. The number of hydrogen-bond donors (Lipinski definition) is 1. The van der Waals surface area contributed by atoms with Crippen LogP contribution in [0.3, 0.4) is 0 Å². The number of likely N-dealkylation sites (tertiary alicyclic amines) is 1. The van der Waals surface area contributed by atoms with Crippen molar-refractivity contribution < 1.29 is 0 Å². The molecule has 1 aromatic rings. The summed E-state index contributed by atoms with van der Waals surface area (Å²) in [6.07, 6.45) is 5.48. The third-order valence-corrected chi connectivity index (χ3v) is 3.72. The van der Waals surface area contributed by atoms with E-state index in [1.807, 2.05) is 17.9 Å². The van der Waals surface area contributed by atoms with Gasteiger partial charge in [0.15, 0.2) is 5.96 Å². The fourth-order valence-electron chi connectivity index (χ4n) is 2.68. The molecule has 2 N–H and O–H groups in total. The van der Waals surface area contributed by atoms with Gasteiger partial charge in [0.25, 0.3) is 0 Å². The highest BCUT2D eigenvalue weighted by molar-refractivity contribution is 5.78. The third kappa shape index (κ3) is 3.49. The molecule has 1 aliphatic rings. The lowest BCUT2D eigenvalue weighted by atomic mass is 10.0. The summed E-state index contributed by atoms with van der Waals surface area (Å²) < 4.78 is 1.85. The lowest BCUT2D eigenvalue weighted by Gasteiger charge is -2.31. The Morgan fingerprint density at radius 2 is 2.37 bits per heavy atom. The number of nitrogens with zero attached hydrogens (tertiary/aromatic N) is 4. The van der Waals surface area contributed by atoms with Gasteiger partial charge in [-0.25, -0.2) is 4.99 Å². The maximum atomic E-state index is 6.11. The zero-order chi connectivity index (χ0) is 13.8. The monoisotopic (exact) mass is 263 g/mol. The summed E-state index contributed by atoms with van der Waals surface area (Å²) in [5.41, 5.74) is 8.40. The van der Waals surface area contributed by atoms with E-state index in [0.29, 0.717) is 18.4 Å². The summed E-state index contributed by atoms with van der Waals surface area (Å²) in [6, 6.07) is 0. The van der Waals surface area contributed by atoms with Gasteiger partial charge in [-0.05, 0) is 25.2 Å². The Morgan fingerprint density at radius 3 is 3.05 bits per heavy atom. The number of aliphatic imine (C=N–C) groups is 1. The molecule has 5 heteroatoms. The average Bonchev–Trinajstić information content (AvgIpc) is 2.76. The van der Waals surface area contributed by atoms with Gasteiger partial charge in [0.05, 0.1) is 12.2 Å². The van der Waals surface area contributed by atoms with Crippen molar-refractivity contribution in [2.24, 2.45) is 23.7 Å². The topological polar surface area (TPSA) is 59.4 Å². The molecule has 2 rings (SSSR count). The Kier molecular flexibility index (Phi) is 4.45. The molecule has 0 bridgehead atoms. The Hall–Kier alpha value is -1.52. The molecule has 0 aromatic carbocycles. The Bertz CT molecular complexity index is 449. The summed E-state index contributed by atoms with van der Waals surface area (Å²) in [7, 11) is 1.95. The minimum absolute atomic E-state index is 0.633. The van der Waals surface area contributed by atoms with Gasteiger partial charge in [0, 0.05) is 31.9 Å². The lowest BCUT2D eigenvalue weighted by molar-refractivity contribution is 0.270. The van der Waals surface area contributed by atoms with Crippen molar-refractivity contribution >= 4 is 5.96 Å². The summed E-state index contributed by atoms with van der Waals surface area (Å²) in [6.45, 7) is 7.09. The van der Waals surface area contributed by atoms with Crippen LogP contribution in [-0.2, 0) is 20.0 Å². The highest BCUT2D eigenvalue weighted by atomic mass is 15.3. The van der Waals surface area contributed by atoms with E-state index in [2.05, 4.69) is 28.8 Å². The van der Waals surface area contributed by atoms with Gasteiger partial charge in [-0.15, -0.1) is 0 Å². The molecule has 106 valence electrons. The molecule has 1 atom stereocenters. The molecule has 1 unspecified atom stereocenters. The largest absolute Gasteiger partial charge is 0.370 e. The van der Waals surface area contributed by atoms with E-state index in [9.17, 15) is 0 Å². The predicted molar refractivity (Wildman–Crippen MR) is 77.9 cm³/mol. The van der Waals surface area contributed by atoms with Crippen LogP contribution in [0.4, 0.5) is 0 Å². The molecule has 19 heavy (non-hydrogen) atoms. The molecular formula is C14H25N5. The summed E-state index contributed by atoms with van der Waals surface area (Å²) in [5.74, 6) is 1.39. The van der Waals surface area contributed by atoms with Crippen LogP contribution in [0.5, 0.6) is 0 Å². The number of hydrogen-bond acceptors (Lipinski definition) is 2. The number of rotatable bonds is 3. The number of nitrogens with two attached hydrogens (primary N) is 1. The first-order valence-corrected chi connectivity index (χ1v) is 7.16. The van der Waals surface area contributed by atoms with Gasteiger partial charge in [-0.1, -0.05) is 13.8 Å². The van der Waals surface area contributed by atoms with Crippen LogP contribution in [-0.4, -0.2) is 33.7 Å². The Balaban J connectivity index is 2.00. The zero-order valence-electron chi connectivity index (χ0n) is 12.3. The fourth-order valence-corrected chi connectivity index (χ4v) is 2.68. The van der Waals surface area contributed by atoms with Crippen molar-refractivity contribution in [3.05, 3.63) is 17.5 Å². The van der Waals surface area contributed by atoms with Crippen molar-refractivity contribution in [2.45, 2.75) is 39.7 Å². The van der Waals surface area contributed by atoms with E-state index in [-0.39, 0.29) is 0 Å². The second kappa shape index (κ2) is 6.08. The van der Waals surface area contributed by atoms with Crippen LogP contribution >= 0.6 is 0 Å². The molecule has 0 aliphatic carbocycles. The molecule has 0 amide bonds. The highest BCUT2D eigenvalue weighted by Gasteiger charge is 2.17. The summed E-state index contributed by atoms with van der Waals surface area (Å²) in [4.78, 5) is 6.75. The maximum Gasteiger partial charge on any atom is 0.191 e. The van der Waals surface area contributed by atoms with Gasteiger partial charge < -0.3 is 10.6 Å². The normalized spacial score (nSPS) is 20.9. The van der Waals surface area contributed by atoms with Crippen LogP contribution in [0.15, 0.2) is 11.2 Å². The second-order valence-electron chi connectivity index (χ2n) is 5.50. The van der Waals surface area contributed by atoms with Gasteiger partial charge in [0.2, 0.25) is 0 Å². The van der Waals surface area contributed by atoms with Gasteiger partial charge in [-0.3, -0.25) is 4.68 Å². The maximum absolute atomic E-state index is 6.11. The predicted octanol–water partition coefficient (Wildman–Crippen LogP) is 1.53. The van der Waals surface area contributed by atoms with Crippen molar-refractivity contribution in [2.75, 3.05) is 13.1 Å². The second-order valence-corrected chi connectivity index (χ2v) is 5.50. The summed E-state index contributed by atoms with van der Waals surface area (Å²) >= 11 is 0. The molecule has 0 saturated carbocycles. The van der Waals surface area contributed by atoms with Crippen LogP contribution in [0.25, 0.3) is 0 Å². The highest BCUT2D eigenvalue weighted by Crippen LogP contribution is 2.15. The van der Waals surface area contributed by atoms with Crippen molar-refractivity contribution in [3.8, 4) is 0 Å². The molecule has 1 aliphatic heterocycles. The van der Waals surface area contributed by atoms with E-state index in [0.717, 1.165) is 25.2 Å². The molecule has 1 fully saturated rings. The molecule has 1 saturated heterocycles. The molecule has 0 spiro atoms. The van der Waals surface area contributed by atoms with E-state index in [1.165, 1.54) is 18.4 Å².